The van der Waals surface area contributed by atoms with Gasteiger partial charge >= 0.3 is 5.97 Å². The topological polar surface area (TPSA) is 114 Å². The summed E-state index contributed by atoms with van der Waals surface area (Å²) in [6, 6.07) is -0.895. The molecule has 0 radical (unpaired) electrons. The fourth-order valence-corrected chi connectivity index (χ4v) is 11.0. The van der Waals surface area contributed by atoms with E-state index in [9.17, 15) is 19.0 Å². The number of allylic oxidation sites excluding steroid dienone is 13. The van der Waals surface area contributed by atoms with Crippen molar-refractivity contribution in [3.8, 4) is 0 Å². The molecule has 0 aromatic carbocycles. The number of ether oxygens (including phenoxy) is 1. The van der Waals surface area contributed by atoms with Crippen molar-refractivity contribution in [2.45, 2.75) is 341 Å². The van der Waals surface area contributed by atoms with Crippen LogP contribution in [0.25, 0.3) is 0 Å². The third kappa shape index (κ3) is 65.5. The Morgan fingerprint density at radius 3 is 1.09 bits per heavy atom. The summed E-state index contributed by atoms with van der Waals surface area (Å²) in [6.07, 6.45) is 85.6. The van der Waals surface area contributed by atoms with Crippen molar-refractivity contribution in [3.05, 3.63) is 85.1 Å². The molecule has 0 heterocycles. The molecule has 0 saturated heterocycles. The van der Waals surface area contributed by atoms with Crippen LogP contribution in [-0.2, 0) is 27.9 Å². The van der Waals surface area contributed by atoms with Gasteiger partial charge in [-0.2, -0.15) is 0 Å². The summed E-state index contributed by atoms with van der Waals surface area (Å²) in [7, 11) is 1.18. The number of phosphoric acid groups is 1. The minimum absolute atomic E-state index is 0.0254. The smallest absolute Gasteiger partial charge is 0.306 e. The highest BCUT2D eigenvalue weighted by atomic mass is 31.2. The van der Waals surface area contributed by atoms with Crippen molar-refractivity contribution in [2.24, 2.45) is 0 Å². The second kappa shape index (κ2) is 64.2. The molecule has 0 saturated carbocycles. The number of carbonyl (C=O) groups is 2. The van der Waals surface area contributed by atoms with E-state index in [1.807, 2.05) is 33.3 Å². The van der Waals surface area contributed by atoms with Gasteiger partial charge in [0, 0.05) is 12.8 Å². The van der Waals surface area contributed by atoms with Crippen LogP contribution in [0.15, 0.2) is 85.1 Å². The maximum absolute atomic E-state index is 13.6. The van der Waals surface area contributed by atoms with Crippen LogP contribution >= 0.6 is 7.82 Å². The largest absolute Gasteiger partial charge is 0.756 e. The van der Waals surface area contributed by atoms with Crippen molar-refractivity contribution in [2.75, 3.05) is 40.9 Å². The van der Waals surface area contributed by atoms with E-state index in [0.717, 1.165) is 89.9 Å². The number of likely N-dealkylation sites (N-methyl/N-ethyl adjacent to an activating group) is 1. The van der Waals surface area contributed by atoms with Gasteiger partial charge in [-0.3, -0.25) is 14.2 Å². The second-order valence-electron chi connectivity index (χ2n) is 25.4. The summed E-state index contributed by atoms with van der Waals surface area (Å²) in [5.41, 5.74) is 0. The minimum Gasteiger partial charge on any atom is -0.756 e. The number of esters is 1. The normalized spacial score (nSPS) is 14.0. The quantitative estimate of drug-likeness (QED) is 0.0212. The monoisotopic (exact) mass is 1210 g/mol. The minimum atomic E-state index is -4.71. The van der Waals surface area contributed by atoms with E-state index in [1.54, 1.807) is 0 Å². The number of nitrogens with one attached hydrogen (secondary N) is 1. The van der Waals surface area contributed by atoms with Crippen LogP contribution in [0.5, 0.6) is 0 Å². The fraction of sp³-hybridized carbons (Fsp3) is 0.787. The number of nitrogens with zero attached hydrogens (tertiary/aromatic N) is 1. The Morgan fingerprint density at radius 2 is 0.718 bits per heavy atom. The lowest BCUT2D eigenvalue weighted by Gasteiger charge is -2.30. The van der Waals surface area contributed by atoms with E-state index >= 15 is 0 Å². The fourth-order valence-electron chi connectivity index (χ4n) is 10.2. The third-order valence-electron chi connectivity index (χ3n) is 15.8. The third-order valence-corrected chi connectivity index (χ3v) is 16.8. The number of amides is 1. The molecule has 0 rings (SSSR count). The SMILES string of the molecule is CCCCC/C=C\C/C=C\C/C=C\C/C=C\CCCCCCCCCCCCCC(=O)NC(COP(=O)([O-])OCC[N+](C)(C)C)C(/C=C\CCCCCCCCCCC)OC(=O)CCCCCCCCCCCCC/C=C\C/C=C\CCCCC. The molecule has 1 N–H and O–H groups in total. The molecular formula is C75H137N2O7P. The number of quaternary nitrogens is 1. The molecular weight excluding hydrogens is 1070 g/mol. The lowest BCUT2D eigenvalue weighted by molar-refractivity contribution is -0.870. The van der Waals surface area contributed by atoms with E-state index in [0.29, 0.717) is 17.4 Å². The van der Waals surface area contributed by atoms with Gasteiger partial charge in [0.25, 0.3) is 7.82 Å². The number of unbranched alkanes of at least 4 members (excludes halogenated alkanes) is 37. The molecule has 0 aromatic rings. The average Bonchev–Trinajstić information content (AvgIpc) is 3.64. The molecule has 85 heavy (non-hydrogen) atoms. The molecule has 3 unspecified atom stereocenters. The molecule has 0 aliphatic heterocycles. The maximum atomic E-state index is 13.6. The molecule has 9 nitrogen and oxygen atoms in total. The van der Waals surface area contributed by atoms with Crippen LogP contribution in [0, 0.1) is 0 Å². The number of hydrogen-bond acceptors (Lipinski definition) is 7. The van der Waals surface area contributed by atoms with Crippen LogP contribution < -0.4 is 10.2 Å². The van der Waals surface area contributed by atoms with Gasteiger partial charge in [0.15, 0.2) is 0 Å². The summed E-state index contributed by atoms with van der Waals surface area (Å²) in [4.78, 5) is 40.2. The van der Waals surface area contributed by atoms with E-state index in [4.69, 9.17) is 13.8 Å². The van der Waals surface area contributed by atoms with Gasteiger partial charge < -0.3 is 28.5 Å². The van der Waals surface area contributed by atoms with E-state index in [1.165, 1.54) is 205 Å². The van der Waals surface area contributed by atoms with Crippen LogP contribution in [0.2, 0.25) is 0 Å². The van der Waals surface area contributed by atoms with Crippen molar-refractivity contribution in [3.63, 3.8) is 0 Å². The Balaban J connectivity index is 5.01. The van der Waals surface area contributed by atoms with Gasteiger partial charge in [-0.1, -0.05) is 292 Å². The zero-order valence-electron chi connectivity index (χ0n) is 56.6. The first-order valence-corrected chi connectivity index (χ1v) is 37.4. The summed E-state index contributed by atoms with van der Waals surface area (Å²) in [5, 5.41) is 3.04. The summed E-state index contributed by atoms with van der Waals surface area (Å²) >= 11 is 0. The zero-order valence-corrected chi connectivity index (χ0v) is 57.4. The predicted molar refractivity (Wildman–Crippen MR) is 367 cm³/mol. The lowest BCUT2D eigenvalue weighted by Crippen LogP contribution is -2.47. The van der Waals surface area contributed by atoms with Crippen LogP contribution in [0.1, 0.15) is 329 Å². The molecule has 3 atom stereocenters. The van der Waals surface area contributed by atoms with E-state index in [2.05, 4.69) is 99.0 Å². The Hall–Kier alpha value is -2.81. The van der Waals surface area contributed by atoms with Crippen molar-refractivity contribution in [1.29, 1.82) is 0 Å². The number of rotatable bonds is 65. The number of carbonyl (C=O) groups excluding carboxylic acids is 2. The first-order valence-electron chi connectivity index (χ1n) is 35.9. The molecule has 0 aliphatic carbocycles. The molecule has 1 amide bonds. The van der Waals surface area contributed by atoms with Crippen LogP contribution in [0.4, 0.5) is 0 Å². The zero-order chi connectivity index (χ0) is 62.1. The van der Waals surface area contributed by atoms with Crippen molar-refractivity contribution in [1.82, 2.24) is 5.32 Å². The van der Waals surface area contributed by atoms with Crippen LogP contribution in [-0.4, -0.2) is 69.4 Å². The van der Waals surface area contributed by atoms with E-state index in [-0.39, 0.29) is 24.9 Å². The van der Waals surface area contributed by atoms with Crippen molar-refractivity contribution < 1.29 is 37.3 Å². The van der Waals surface area contributed by atoms with Gasteiger partial charge in [0.2, 0.25) is 5.91 Å². The highest BCUT2D eigenvalue weighted by Gasteiger charge is 2.27. The number of hydrogen-bond donors (Lipinski definition) is 1. The molecule has 0 spiro atoms. The summed E-state index contributed by atoms with van der Waals surface area (Å²) < 4.78 is 30.4. The molecule has 10 heteroatoms. The maximum Gasteiger partial charge on any atom is 0.306 e. The first kappa shape index (κ1) is 82.2. The lowest BCUT2D eigenvalue weighted by atomic mass is 10.0. The molecule has 494 valence electrons. The summed E-state index contributed by atoms with van der Waals surface area (Å²) in [6.45, 7) is 6.81. The molecule has 0 bridgehead atoms. The summed E-state index contributed by atoms with van der Waals surface area (Å²) in [5.74, 6) is -0.541. The highest BCUT2D eigenvalue weighted by molar-refractivity contribution is 7.45. The average molecular weight is 1210 g/mol. The Labute approximate surface area is 526 Å². The van der Waals surface area contributed by atoms with Gasteiger partial charge in [-0.25, -0.2) is 0 Å². The molecule has 0 aromatic heterocycles. The predicted octanol–water partition coefficient (Wildman–Crippen LogP) is 22.3. The van der Waals surface area contributed by atoms with Gasteiger partial charge in [0.05, 0.1) is 33.8 Å². The van der Waals surface area contributed by atoms with Crippen LogP contribution in [0.3, 0.4) is 0 Å². The molecule has 0 fully saturated rings. The Kier molecular flexibility index (Phi) is 62.1. The first-order chi connectivity index (χ1) is 41.4. The second-order valence-corrected chi connectivity index (χ2v) is 26.8. The van der Waals surface area contributed by atoms with Gasteiger partial charge in [0.1, 0.15) is 19.3 Å². The number of phosphoric ester groups is 1. The standard InChI is InChI=1S/C75H137N2O7P/c1-7-10-13-16-19-22-25-27-29-31-33-35-36-37-38-39-40-42-43-45-47-49-52-55-58-61-64-67-74(78)76-72(71-83-85(80,81)82-70-69-77(4,5)6)73(66-63-60-57-54-51-24-21-18-15-12-9-3)84-75(79)68-65-62-59-56-53-50-48-46-44-41-34-32-30-28-26-23-20-17-14-11-8-2/h19-20,22-23,27-30,33,35,37-38,63,66,72-73H,7-18,21,24-26,31-32,34,36,39-62,64-65,67-71H2,1-6H3,(H-,76,78,80,81)/b22-19-,23-20-,29-27-,30-28-,35-33-,38-37-,66-63-. The molecule has 0 aliphatic rings. The van der Waals surface area contributed by atoms with Crippen molar-refractivity contribution >= 4 is 19.7 Å². The Bertz CT molecular complexity index is 1730. The highest BCUT2D eigenvalue weighted by Crippen LogP contribution is 2.38. The van der Waals surface area contributed by atoms with Gasteiger partial charge in [-0.15, -0.1) is 0 Å². The Morgan fingerprint density at radius 1 is 0.412 bits per heavy atom. The van der Waals surface area contributed by atoms with E-state index < -0.39 is 26.6 Å². The van der Waals surface area contributed by atoms with Gasteiger partial charge in [-0.05, 0) is 109 Å².